The number of amides is 1. The third-order valence-corrected chi connectivity index (χ3v) is 7.73. The lowest BCUT2D eigenvalue weighted by molar-refractivity contribution is -0.142. The molecule has 0 aliphatic carbocycles. The van der Waals surface area contributed by atoms with Crippen LogP contribution in [-0.4, -0.2) is 56.5 Å². The molecular formula is C18H33NO4S. The average molecular weight is 360 g/mol. The van der Waals surface area contributed by atoms with E-state index >= 15 is 0 Å². The fraction of sp³-hybridized carbons (Fsp3) is 0.944. The molecule has 2 aliphatic rings. The lowest BCUT2D eigenvalue weighted by Gasteiger charge is -2.42. The third kappa shape index (κ3) is 4.51. The van der Waals surface area contributed by atoms with Gasteiger partial charge in [0.05, 0.1) is 11.0 Å². The Kier molecular flexibility index (Phi) is 5.70. The molecule has 0 saturated carbocycles. The van der Waals surface area contributed by atoms with Gasteiger partial charge in [-0.1, -0.05) is 34.6 Å². The van der Waals surface area contributed by atoms with Crippen molar-refractivity contribution < 1.29 is 17.9 Å². The maximum atomic E-state index is 12.6. The molecule has 2 heterocycles. The minimum absolute atomic E-state index is 0.0154. The van der Waals surface area contributed by atoms with Crippen molar-refractivity contribution >= 4 is 15.7 Å². The highest BCUT2D eigenvalue weighted by Crippen LogP contribution is 2.38. The van der Waals surface area contributed by atoms with Crippen molar-refractivity contribution in [1.82, 2.24) is 4.90 Å². The summed E-state index contributed by atoms with van der Waals surface area (Å²) < 4.78 is 30.6. The molecule has 0 bridgehead atoms. The molecule has 0 unspecified atom stereocenters. The Balaban J connectivity index is 1.85. The molecule has 0 atom stereocenters. The summed E-state index contributed by atoms with van der Waals surface area (Å²) in [7, 11) is -3.13. The van der Waals surface area contributed by atoms with E-state index < -0.39 is 15.3 Å². The standard InChI is InChI=1S/C18H33NO4S/c1-17(2,3)16(20)19-12-15(13-19)24(21,22)11-8-18(4,5)14-6-9-23-10-7-14/h14-15H,6-13H2,1-5H3. The summed E-state index contributed by atoms with van der Waals surface area (Å²) in [5.41, 5.74) is -0.429. The lowest BCUT2D eigenvalue weighted by atomic mass is 9.73. The Morgan fingerprint density at radius 3 is 2.12 bits per heavy atom. The van der Waals surface area contributed by atoms with Crippen LogP contribution in [0.15, 0.2) is 0 Å². The van der Waals surface area contributed by atoms with Gasteiger partial charge in [-0.25, -0.2) is 8.42 Å². The molecule has 0 aromatic carbocycles. The summed E-state index contributed by atoms with van der Waals surface area (Å²) in [5, 5.41) is -0.380. The van der Waals surface area contributed by atoms with Gasteiger partial charge in [-0.05, 0) is 30.6 Å². The second-order valence-electron chi connectivity index (χ2n) is 9.07. The molecule has 2 rings (SSSR count). The quantitative estimate of drug-likeness (QED) is 0.756. The molecule has 0 aromatic heterocycles. The zero-order valence-electron chi connectivity index (χ0n) is 15.8. The van der Waals surface area contributed by atoms with Crippen molar-refractivity contribution in [2.75, 3.05) is 32.1 Å². The van der Waals surface area contributed by atoms with Gasteiger partial charge in [0.2, 0.25) is 5.91 Å². The van der Waals surface area contributed by atoms with E-state index in [2.05, 4.69) is 13.8 Å². The summed E-state index contributed by atoms with van der Waals surface area (Å²) in [5.74, 6) is 0.790. The van der Waals surface area contributed by atoms with E-state index in [9.17, 15) is 13.2 Å². The first-order valence-corrected chi connectivity index (χ1v) is 10.7. The first-order chi connectivity index (χ1) is 10.9. The number of ether oxygens (including phenoxy) is 1. The molecule has 0 aromatic rings. The maximum Gasteiger partial charge on any atom is 0.228 e. The molecule has 0 spiro atoms. The van der Waals surface area contributed by atoms with E-state index in [-0.39, 0.29) is 22.3 Å². The highest BCUT2D eigenvalue weighted by molar-refractivity contribution is 7.92. The zero-order valence-corrected chi connectivity index (χ0v) is 16.6. The van der Waals surface area contributed by atoms with Crippen molar-refractivity contribution in [3.63, 3.8) is 0 Å². The number of carbonyl (C=O) groups is 1. The van der Waals surface area contributed by atoms with Crippen LogP contribution in [0.4, 0.5) is 0 Å². The first kappa shape index (κ1) is 19.7. The minimum Gasteiger partial charge on any atom is -0.381 e. The molecule has 2 saturated heterocycles. The van der Waals surface area contributed by atoms with Crippen LogP contribution in [0.5, 0.6) is 0 Å². The van der Waals surface area contributed by atoms with Crippen molar-refractivity contribution in [1.29, 1.82) is 0 Å². The smallest absolute Gasteiger partial charge is 0.228 e. The average Bonchev–Trinajstić information content (AvgIpc) is 2.43. The van der Waals surface area contributed by atoms with Gasteiger partial charge < -0.3 is 9.64 Å². The lowest BCUT2D eigenvalue weighted by Crippen LogP contribution is -2.59. The van der Waals surface area contributed by atoms with Crippen LogP contribution in [0.25, 0.3) is 0 Å². The number of sulfone groups is 1. The minimum atomic E-state index is -3.13. The van der Waals surface area contributed by atoms with Gasteiger partial charge in [-0.2, -0.15) is 0 Å². The molecule has 1 amide bonds. The fourth-order valence-corrected chi connectivity index (χ4v) is 5.52. The summed E-state index contributed by atoms with van der Waals surface area (Å²) in [6.07, 6.45) is 2.72. The van der Waals surface area contributed by atoms with Gasteiger partial charge in [0, 0.05) is 31.7 Å². The van der Waals surface area contributed by atoms with Gasteiger partial charge in [0.1, 0.15) is 0 Å². The van der Waals surface area contributed by atoms with E-state index in [1.165, 1.54) is 0 Å². The van der Waals surface area contributed by atoms with Crippen LogP contribution in [0.2, 0.25) is 0 Å². The number of rotatable bonds is 5. The molecule has 24 heavy (non-hydrogen) atoms. The Hall–Kier alpha value is -0.620. The Bertz CT molecular complexity index is 550. The molecule has 6 heteroatoms. The van der Waals surface area contributed by atoms with Crippen molar-refractivity contribution in [2.24, 2.45) is 16.7 Å². The summed E-state index contributed by atoms with van der Waals surface area (Å²) in [4.78, 5) is 13.8. The first-order valence-electron chi connectivity index (χ1n) is 9.02. The Morgan fingerprint density at radius 2 is 1.62 bits per heavy atom. The maximum absolute atomic E-state index is 12.6. The second kappa shape index (κ2) is 6.94. The molecule has 0 N–H and O–H groups in total. The normalized spacial score (nSPS) is 21.6. The second-order valence-corrected chi connectivity index (χ2v) is 11.5. The summed E-state index contributed by atoms with van der Waals surface area (Å²) in [6, 6.07) is 0. The fourth-order valence-electron chi connectivity index (χ4n) is 3.56. The van der Waals surface area contributed by atoms with Gasteiger partial charge in [-0.3, -0.25) is 4.79 Å². The van der Waals surface area contributed by atoms with Crippen molar-refractivity contribution in [3.05, 3.63) is 0 Å². The van der Waals surface area contributed by atoms with Gasteiger partial charge in [0.15, 0.2) is 9.84 Å². The van der Waals surface area contributed by atoms with Crippen LogP contribution in [-0.2, 0) is 19.4 Å². The van der Waals surface area contributed by atoms with Crippen LogP contribution >= 0.6 is 0 Å². The van der Waals surface area contributed by atoms with Gasteiger partial charge >= 0.3 is 0 Å². The van der Waals surface area contributed by atoms with Crippen LogP contribution in [0.3, 0.4) is 0 Å². The van der Waals surface area contributed by atoms with Crippen LogP contribution in [0.1, 0.15) is 53.9 Å². The Labute approximate surface area is 147 Å². The molecular weight excluding hydrogens is 326 g/mol. The highest BCUT2D eigenvalue weighted by atomic mass is 32.2. The third-order valence-electron chi connectivity index (χ3n) is 5.64. The van der Waals surface area contributed by atoms with Crippen LogP contribution < -0.4 is 0 Å². The van der Waals surface area contributed by atoms with E-state index in [4.69, 9.17) is 4.74 Å². The molecule has 2 fully saturated rings. The molecule has 0 radical (unpaired) electrons. The van der Waals surface area contributed by atoms with Crippen molar-refractivity contribution in [2.45, 2.75) is 59.1 Å². The molecule has 5 nitrogen and oxygen atoms in total. The monoisotopic (exact) mass is 359 g/mol. The number of hydrogen-bond donors (Lipinski definition) is 0. The predicted octanol–water partition coefficient (Wildman–Crippen LogP) is 2.50. The van der Waals surface area contributed by atoms with E-state index in [0.29, 0.717) is 25.4 Å². The van der Waals surface area contributed by atoms with Crippen LogP contribution in [0, 0.1) is 16.7 Å². The topological polar surface area (TPSA) is 63.7 Å². The summed E-state index contributed by atoms with van der Waals surface area (Å²) >= 11 is 0. The number of carbonyl (C=O) groups excluding carboxylic acids is 1. The van der Waals surface area contributed by atoms with E-state index in [0.717, 1.165) is 26.1 Å². The largest absolute Gasteiger partial charge is 0.381 e. The molecule has 140 valence electrons. The van der Waals surface area contributed by atoms with Gasteiger partial charge in [-0.15, -0.1) is 0 Å². The van der Waals surface area contributed by atoms with E-state index in [1.807, 2.05) is 20.8 Å². The van der Waals surface area contributed by atoms with Gasteiger partial charge in [0.25, 0.3) is 0 Å². The summed E-state index contributed by atoms with van der Waals surface area (Å²) in [6.45, 7) is 12.2. The Morgan fingerprint density at radius 1 is 1.08 bits per heavy atom. The highest BCUT2D eigenvalue weighted by Gasteiger charge is 2.43. The zero-order chi connectivity index (χ0) is 18.2. The number of nitrogens with zero attached hydrogens (tertiary/aromatic N) is 1. The SMILES string of the molecule is CC(C)(C)C(=O)N1CC(S(=O)(=O)CCC(C)(C)C2CCOCC2)C1. The number of likely N-dealkylation sites (tertiary alicyclic amines) is 1. The number of hydrogen-bond acceptors (Lipinski definition) is 4. The van der Waals surface area contributed by atoms with E-state index in [1.54, 1.807) is 4.90 Å². The molecule has 2 aliphatic heterocycles. The van der Waals surface area contributed by atoms with Crippen molar-refractivity contribution in [3.8, 4) is 0 Å². The predicted molar refractivity (Wildman–Crippen MR) is 95.6 cm³/mol.